The van der Waals surface area contributed by atoms with Crippen LogP contribution in [0.5, 0.6) is 0 Å². The summed E-state index contributed by atoms with van der Waals surface area (Å²) in [5.41, 5.74) is 3.29. The molecule has 0 bridgehead atoms. The Labute approximate surface area is 226 Å². The number of aryl methyl sites for hydroxylation is 2. The zero-order valence-corrected chi connectivity index (χ0v) is 22.6. The van der Waals surface area contributed by atoms with Gasteiger partial charge in [-0.1, -0.05) is 54.1 Å². The summed E-state index contributed by atoms with van der Waals surface area (Å²) in [5.74, 6) is 0.562. The fraction of sp³-hybridized carbons (Fsp3) is 0.429. The summed E-state index contributed by atoms with van der Waals surface area (Å²) in [4.78, 5) is 29.7. The summed E-state index contributed by atoms with van der Waals surface area (Å²) >= 11 is 7.24. The Balaban J connectivity index is 1.11. The monoisotopic (exact) mass is 537 g/mol. The van der Waals surface area contributed by atoms with Crippen LogP contribution in [0, 0.1) is 5.92 Å². The van der Waals surface area contributed by atoms with Crippen molar-refractivity contribution < 1.29 is 9.59 Å². The summed E-state index contributed by atoms with van der Waals surface area (Å²) in [6.45, 7) is 6.02. The highest BCUT2D eigenvalue weighted by Gasteiger charge is 2.32. The number of hydrogen-bond acceptors (Lipinski definition) is 6. The van der Waals surface area contributed by atoms with Gasteiger partial charge in [0.05, 0.1) is 6.04 Å². The Morgan fingerprint density at radius 1 is 1.03 bits per heavy atom. The van der Waals surface area contributed by atoms with Gasteiger partial charge in [0.15, 0.2) is 0 Å². The first-order chi connectivity index (χ1) is 17.9. The predicted octanol–water partition coefficient (Wildman–Crippen LogP) is 4.74. The number of hydrogen-bond donors (Lipinski definition) is 1. The largest absolute Gasteiger partial charge is 0.345 e. The van der Waals surface area contributed by atoms with Crippen LogP contribution >= 0.6 is 22.9 Å². The van der Waals surface area contributed by atoms with Gasteiger partial charge in [0.1, 0.15) is 5.01 Å². The molecule has 1 atom stereocenters. The van der Waals surface area contributed by atoms with Crippen molar-refractivity contribution in [3.8, 4) is 0 Å². The van der Waals surface area contributed by atoms with Crippen molar-refractivity contribution in [1.29, 1.82) is 0 Å². The van der Waals surface area contributed by atoms with Gasteiger partial charge in [-0.05, 0) is 73.7 Å². The molecule has 5 rings (SSSR count). The number of amides is 2. The number of carbonyl (C=O) groups is 2. The first-order valence-corrected chi connectivity index (χ1v) is 14.1. The normalized spacial score (nSPS) is 18.9. The molecule has 2 aliphatic heterocycles. The molecular weight excluding hydrogens is 506 g/mol. The molecule has 194 valence electrons. The van der Waals surface area contributed by atoms with E-state index in [1.807, 2.05) is 36.4 Å². The summed E-state index contributed by atoms with van der Waals surface area (Å²) in [5, 5.41) is 13.1. The number of likely N-dealkylation sites (tertiary alicyclic amines) is 1. The summed E-state index contributed by atoms with van der Waals surface area (Å²) in [6.07, 6.45) is 4.30. The zero-order valence-electron chi connectivity index (χ0n) is 21.0. The smallest absolute Gasteiger partial charge is 0.282 e. The Hall–Kier alpha value is -2.81. The van der Waals surface area contributed by atoms with Gasteiger partial charge in [0.25, 0.3) is 5.91 Å². The van der Waals surface area contributed by atoms with Crippen molar-refractivity contribution in [2.45, 2.75) is 51.6 Å². The molecule has 2 aromatic carbocycles. The molecule has 1 aromatic heterocycles. The van der Waals surface area contributed by atoms with E-state index in [1.165, 1.54) is 29.7 Å². The second kappa shape index (κ2) is 11.7. The first kappa shape index (κ1) is 25.8. The van der Waals surface area contributed by atoms with E-state index in [2.05, 4.69) is 39.5 Å². The van der Waals surface area contributed by atoms with E-state index in [-0.39, 0.29) is 24.3 Å². The maximum Gasteiger partial charge on any atom is 0.282 e. The Morgan fingerprint density at radius 2 is 1.73 bits per heavy atom. The third-order valence-corrected chi connectivity index (χ3v) is 8.43. The van der Waals surface area contributed by atoms with E-state index < -0.39 is 0 Å². The molecule has 2 aliphatic rings. The van der Waals surface area contributed by atoms with E-state index in [0.29, 0.717) is 23.0 Å². The second-order valence-corrected chi connectivity index (χ2v) is 11.6. The fourth-order valence-electron chi connectivity index (χ4n) is 4.91. The standard InChI is InChI=1S/C28H32ClN5O2S/c1-19-12-14-33(15-13-19)17-21-4-9-24(10-5-21)34-18-23(16-26(34)35)30-27(36)28-32-31-25(37-28)11-6-20-2-7-22(29)8-3-20/h2-5,7-10,19,23H,6,11-18H2,1H3,(H,30,36)/t23-/m0/s1. The minimum atomic E-state index is -0.277. The lowest BCUT2D eigenvalue weighted by Gasteiger charge is -2.30. The quantitative estimate of drug-likeness (QED) is 0.449. The molecule has 3 heterocycles. The van der Waals surface area contributed by atoms with Crippen molar-refractivity contribution >= 4 is 40.4 Å². The van der Waals surface area contributed by atoms with Gasteiger partial charge in [0.2, 0.25) is 10.9 Å². The number of nitrogens with zero attached hydrogens (tertiary/aromatic N) is 4. The molecule has 0 unspecified atom stereocenters. The van der Waals surface area contributed by atoms with Crippen LogP contribution in [0.25, 0.3) is 0 Å². The maximum absolute atomic E-state index is 12.8. The highest BCUT2D eigenvalue weighted by atomic mass is 35.5. The van der Waals surface area contributed by atoms with E-state index in [1.54, 1.807) is 4.90 Å². The molecule has 37 heavy (non-hydrogen) atoms. The highest BCUT2D eigenvalue weighted by Crippen LogP contribution is 2.24. The van der Waals surface area contributed by atoms with Gasteiger partial charge < -0.3 is 10.2 Å². The number of piperidine rings is 1. The number of nitrogens with one attached hydrogen (secondary N) is 1. The van der Waals surface area contributed by atoms with Crippen LogP contribution in [0.2, 0.25) is 5.02 Å². The molecule has 1 N–H and O–H groups in total. The molecule has 3 aromatic rings. The minimum Gasteiger partial charge on any atom is -0.345 e. The summed E-state index contributed by atoms with van der Waals surface area (Å²) in [6, 6.07) is 15.7. The lowest BCUT2D eigenvalue weighted by atomic mass is 9.99. The highest BCUT2D eigenvalue weighted by molar-refractivity contribution is 7.13. The lowest BCUT2D eigenvalue weighted by molar-refractivity contribution is -0.117. The zero-order chi connectivity index (χ0) is 25.8. The average molecular weight is 538 g/mol. The SMILES string of the molecule is CC1CCN(Cc2ccc(N3C[C@@H](NC(=O)c4nnc(CCc5ccc(Cl)cc5)s4)CC3=O)cc2)CC1. The van der Waals surface area contributed by atoms with Crippen molar-refractivity contribution in [3.63, 3.8) is 0 Å². The topological polar surface area (TPSA) is 78.4 Å². The van der Waals surface area contributed by atoms with Crippen LogP contribution in [-0.4, -0.2) is 52.6 Å². The summed E-state index contributed by atoms with van der Waals surface area (Å²) in [7, 11) is 0. The third-order valence-electron chi connectivity index (χ3n) is 7.19. The Morgan fingerprint density at radius 3 is 2.46 bits per heavy atom. The molecule has 0 saturated carbocycles. The van der Waals surface area contributed by atoms with Gasteiger partial charge in [-0.25, -0.2) is 0 Å². The number of anilines is 1. The lowest BCUT2D eigenvalue weighted by Crippen LogP contribution is -2.37. The molecule has 0 spiro atoms. The van der Waals surface area contributed by atoms with Crippen molar-refractivity contribution in [2.75, 3.05) is 24.5 Å². The molecule has 0 aliphatic carbocycles. The van der Waals surface area contributed by atoms with Crippen molar-refractivity contribution in [1.82, 2.24) is 20.4 Å². The van der Waals surface area contributed by atoms with Gasteiger partial charge in [-0.2, -0.15) is 0 Å². The van der Waals surface area contributed by atoms with Crippen LogP contribution < -0.4 is 10.2 Å². The van der Waals surface area contributed by atoms with Gasteiger partial charge in [0, 0.05) is 36.6 Å². The van der Waals surface area contributed by atoms with Crippen LogP contribution in [0.3, 0.4) is 0 Å². The molecule has 9 heteroatoms. The van der Waals surface area contributed by atoms with Crippen molar-refractivity contribution in [2.24, 2.45) is 5.92 Å². The van der Waals surface area contributed by atoms with E-state index in [9.17, 15) is 9.59 Å². The van der Waals surface area contributed by atoms with Crippen LogP contribution in [0.1, 0.15) is 52.1 Å². The Bertz CT molecular complexity index is 1220. The fourth-order valence-corrected chi connectivity index (χ4v) is 5.78. The molecule has 0 radical (unpaired) electrons. The molecule has 7 nitrogen and oxygen atoms in total. The number of halogens is 1. The van der Waals surface area contributed by atoms with Crippen LogP contribution in [0.4, 0.5) is 5.69 Å². The van der Waals surface area contributed by atoms with E-state index in [0.717, 1.165) is 48.2 Å². The molecule has 2 fully saturated rings. The minimum absolute atomic E-state index is 0.0176. The van der Waals surface area contributed by atoms with Crippen molar-refractivity contribution in [3.05, 3.63) is 74.7 Å². The predicted molar refractivity (Wildman–Crippen MR) is 147 cm³/mol. The number of carbonyl (C=O) groups excluding carboxylic acids is 2. The molecule has 2 amide bonds. The first-order valence-electron chi connectivity index (χ1n) is 12.9. The molecular formula is C28H32ClN5O2S. The summed E-state index contributed by atoms with van der Waals surface area (Å²) < 4.78 is 0. The third kappa shape index (κ3) is 6.74. The van der Waals surface area contributed by atoms with Gasteiger partial charge >= 0.3 is 0 Å². The molecule has 2 saturated heterocycles. The van der Waals surface area contributed by atoms with Crippen LogP contribution in [0.15, 0.2) is 48.5 Å². The van der Waals surface area contributed by atoms with Crippen LogP contribution in [-0.2, 0) is 24.2 Å². The van der Waals surface area contributed by atoms with E-state index >= 15 is 0 Å². The van der Waals surface area contributed by atoms with Gasteiger partial charge in [-0.3, -0.25) is 14.5 Å². The average Bonchev–Trinajstić information content (AvgIpc) is 3.52. The van der Waals surface area contributed by atoms with E-state index in [4.69, 9.17) is 11.6 Å². The Kier molecular flexibility index (Phi) is 8.17. The van der Waals surface area contributed by atoms with Gasteiger partial charge in [-0.15, -0.1) is 10.2 Å². The second-order valence-electron chi connectivity index (χ2n) is 10.1. The number of rotatable bonds is 8. The maximum atomic E-state index is 12.8. The number of benzene rings is 2. The number of aromatic nitrogens is 2.